The Morgan fingerprint density at radius 3 is 2.57 bits per heavy atom. The predicted molar refractivity (Wildman–Crippen MR) is 100 cm³/mol. The predicted octanol–water partition coefficient (Wildman–Crippen LogP) is 1.94. The van der Waals surface area contributed by atoms with Gasteiger partial charge in [0, 0.05) is 0 Å². The number of aryl methyl sites for hydroxylation is 1. The summed E-state index contributed by atoms with van der Waals surface area (Å²) in [5.41, 5.74) is 5.64. The molecule has 2 amide bonds. The van der Waals surface area contributed by atoms with Crippen molar-refractivity contribution in [1.82, 2.24) is 9.78 Å². The van der Waals surface area contributed by atoms with E-state index in [0.717, 1.165) is 22.2 Å². The van der Waals surface area contributed by atoms with Gasteiger partial charge in [-0.25, -0.2) is 4.79 Å². The summed E-state index contributed by atoms with van der Waals surface area (Å²) >= 11 is 0.857. The van der Waals surface area contributed by atoms with Crippen molar-refractivity contribution >= 4 is 39.8 Å². The van der Waals surface area contributed by atoms with Gasteiger partial charge in [-0.15, -0.1) is 11.3 Å². The second kappa shape index (κ2) is 8.17. The van der Waals surface area contributed by atoms with Crippen molar-refractivity contribution in [3.8, 4) is 0 Å². The maximum absolute atomic E-state index is 12.6. The van der Waals surface area contributed by atoms with Crippen molar-refractivity contribution in [2.45, 2.75) is 33.7 Å². The van der Waals surface area contributed by atoms with Gasteiger partial charge in [-0.3, -0.25) is 24.4 Å². The van der Waals surface area contributed by atoms with Gasteiger partial charge >= 0.3 is 11.7 Å². The van der Waals surface area contributed by atoms with Crippen LogP contribution in [-0.2, 0) is 9.53 Å². The number of nitrogens with two attached hydrogens (primary N) is 1. The summed E-state index contributed by atoms with van der Waals surface area (Å²) < 4.78 is 6.14. The molecule has 0 radical (unpaired) electrons. The third-order valence-corrected chi connectivity index (χ3v) is 5.17. The van der Waals surface area contributed by atoms with E-state index < -0.39 is 28.7 Å². The van der Waals surface area contributed by atoms with Crippen molar-refractivity contribution in [3.05, 3.63) is 38.0 Å². The van der Waals surface area contributed by atoms with E-state index in [9.17, 15) is 24.5 Å². The van der Waals surface area contributed by atoms with Crippen LogP contribution in [0.1, 0.15) is 51.2 Å². The number of primary amides is 1. The van der Waals surface area contributed by atoms with Crippen molar-refractivity contribution in [2.24, 2.45) is 5.73 Å². The summed E-state index contributed by atoms with van der Waals surface area (Å²) in [5.74, 6) is -2.02. The van der Waals surface area contributed by atoms with Gasteiger partial charge in [-0.1, -0.05) is 0 Å². The molecule has 2 aromatic heterocycles. The monoisotopic (exact) mass is 409 g/mol. The standard InChI is InChI=1S/C16H19N5O6S/c1-5-27-16(24)11-7(2)12(13(17)22)28-15(11)18-14(23)9(4)20-6-10(21(25)26)8(3)19-20/h6,9H,5H2,1-4H3,(H2,17,22)(H,18,23). The van der Waals surface area contributed by atoms with E-state index in [4.69, 9.17) is 10.5 Å². The molecule has 0 aromatic carbocycles. The lowest BCUT2D eigenvalue weighted by Crippen LogP contribution is -2.24. The fraction of sp³-hybridized carbons (Fsp3) is 0.375. The Morgan fingerprint density at radius 2 is 2.07 bits per heavy atom. The minimum absolute atomic E-state index is 0.0452. The molecule has 0 fully saturated rings. The lowest BCUT2D eigenvalue weighted by Gasteiger charge is -2.12. The van der Waals surface area contributed by atoms with Crippen LogP contribution in [0.5, 0.6) is 0 Å². The molecule has 0 aliphatic rings. The van der Waals surface area contributed by atoms with E-state index in [2.05, 4.69) is 10.4 Å². The fourth-order valence-electron chi connectivity index (χ4n) is 2.47. The number of amides is 2. The summed E-state index contributed by atoms with van der Waals surface area (Å²) in [6.07, 6.45) is 1.15. The minimum Gasteiger partial charge on any atom is -0.462 e. The summed E-state index contributed by atoms with van der Waals surface area (Å²) in [6, 6.07) is -0.915. The Bertz CT molecular complexity index is 963. The number of ether oxygens (including phenoxy) is 1. The van der Waals surface area contributed by atoms with Gasteiger partial charge in [0.2, 0.25) is 5.91 Å². The van der Waals surface area contributed by atoms with Gasteiger partial charge in [-0.05, 0) is 33.3 Å². The number of carbonyl (C=O) groups excluding carboxylic acids is 3. The Balaban J connectivity index is 2.36. The van der Waals surface area contributed by atoms with Crippen LogP contribution >= 0.6 is 11.3 Å². The first kappa shape index (κ1) is 21.0. The summed E-state index contributed by atoms with van der Waals surface area (Å²) in [6.45, 7) is 6.22. The molecule has 2 rings (SSSR count). The van der Waals surface area contributed by atoms with Gasteiger partial charge in [0.1, 0.15) is 22.9 Å². The van der Waals surface area contributed by atoms with E-state index in [1.165, 1.54) is 20.8 Å². The van der Waals surface area contributed by atoms with E-state index in [1.54, 1.807) is 6.92 Å². The zero-order chi connectivity index (χ0) is 21.2. The molecule has 28 heavy (non-hydrogen) atoms. The first-order valence-electron chi connectivity index (χ1n) is 8.19. The molecule has 1 unspecified atom stereocenters. The Morgan fingerprint density at radius 1 is 1.43 bits per heavy atom. The van der Waals surface area contributed by atoms with E-state index >= 15 is 0 Å². The topological polar surface area (TPSA) is 159 Å². The Kier molecular flexibility index (Phi) is 6.13. The van der Waals surface area contributed by atoms with Gasteiger partial charge in [-0.2, -0.15) is 5.10 Å². The molecule has 0 bridgehead atoms. The molecular formula is C16H19N5O6S. The van der Waals surface area contributed by atoms with Crippen molar-refractivity contribution in [2.75, 3.05) is 11.9 Å². The number of rotatable bonds is 7. The fourth-order valence-corrected chi connectivity index (χ4v) is 3.52. The number of thiophene rings is 1. The lowest BCUT2D eigenvalue weighted by atomic mass is 10.1. The second-order valence-electron chi connectivity index (χ2n) is 5.85. The number of nitrogens with zero attached hydrogens (tertiary/aromatic N) is 3. The molecule has 150 valence electrons. The summed E-state index contributed by atoms with van der Waals surface area (Å²) in [4.78, 5) is 47.0. The van der Waals surface area contributed by atoms with Gasteiger partial charge in [0.15, 0.2) is 0 Å². The third-order valence-electron chi connectivity index (χ3n) is 3.95. The number of nitrogens with one attached hydrogen (secondary N) is 1. The van der Waals surface area contributed by atoms with Crippen LogP contribution in [0, 0.1) is 24.0 Å². The minimum atomic E-state index is -0.915. The number of hydrogen-bond acceptors (Lipinski definition) is 8. The quantitative estimate of drug-likeness (QED) is 0.401. The smallest absolute Gasteiger partial charge is 0.341 e. The van der Waals surface area contributed by atoms with Crippen LogP contribution in [0.25, 0.3) is 0 Å². The highest BCUT2D eigenvalue weighted by atomic mass is 32.1. The SMILES string of the molecule is CCOC(=O)c1c(NC(=O)C(C)n2cc([N+](=O)[O-])c(C)n2)sc(C(N)=O)c1C. The number of carbonyl (C=O) groups is 3. The van der Waals surface area contributed by atoms with Gasteiger partial charge < -0.3 is 15.8 Å². The van der Waals surface area contributed by atoms with Crippen molar-refractivity contribution in [1.29, 1.82) is 0 Å². The highest BCUT2D eigenvalue weighted by molar-refractivity contribution is 7.18. The number of aromatic nitrogens is 2. The maximum Gasteiger partial charge on any atom is 0.341 e. The van der Waals surface area contributed by atoms with Crippen LogP contribution < -0.4 is 11.1 Å². The van der Waals surface area contributed by atoms with Crippen LogP contribution in [-0.4, -0.2) is 39.1 Å². The number of anilines is 1. The number of hydrogen-bond donors (Lipinski definition) is 2. The molecule has 0 saturated carbocycles. The average Bonchev–Trinajstić information content (AvgIpc) is 3.14. The highest BCUT2D eigenvalue weighted by Gasteiger charge is 2.28. The summed E-state index contributed by atoms with van der Waals surface area (Å²) in [5, 5.41) is 17.6. The zero-order valence-corrected chi connectivity index (χ0v) is 16.5. The zero-order valence-electron chi connectivity index (χ0n) is 15.6. The van der Waals surface area contributed by atoms with E-state index in [0.29, 0.717) is 5.56 Å². The Labute approximate surface area is 163 Å². The molecule has 3 N–H and O–H groups in total. The van der Waals surface area contributed by atoms with Crippen LogP contribution in [0.15, 0.2) is 6.20 Å². The van der Waals surface area contributed by atoms with E-state index in [1.807, 2.05) is 0 Å². The molecule has 11 nitrogen and oxygen atoms in total. The molecule has 0 saturated heterocycles. The molecule has 0 aliphatic carbocycles. The van der Waals surface area contributed by atoms with Gasteiger partial charge in [0.25, 0.3) is 5.91 Å². The second-order valence-corrected chi connectivity index (χ2v) is 6.87. The van der Waals surface area contributed by atoms with Crippen molar-refractivity contribution < 1.29 is 24.0 Å². The largest absolute Gasteiger partial charge is 0.462 e. The average molecular weight is 409 g/mol. The van der Waals surface area contributed by atoms with Crippen LogP contribution in [0.2, 0.25) is 0 Å². The highest BCUT2D eigenvalue weighted by Crippen LogP contribution is 2.34. The molecule has 1 atom stereocenters. The number of esters is 1. The molecule has 0 aliphatic heterocycles. The van der Waals surface area contributed by atoms with E-state index in [-0.39, 0.29) is 33.4 Å². The normalized spacial score (nSPS) is 11.7. The molecule has 0 spiro atoms. The summed E-state index contributed by atoms with van der Waals surface area (Å²) in [7, 11) is 0. The molecule has 2 aromatic rings. The third kappa shape index (κ3) is 4.01. The first-order valence-corrected chi connectivity index (χ1v) is 9.01. The lowest BCUT2D eigenvalue weighted by molar-refractivity contribution is -0.385. The van der Waals surface area contributed by atoms with Crippen LogP contribution in [0.3, 0.4) is 0 Å². The van der Waals surface area contributed by atoms with Gasteiger partial charge in [0.05, 0.1) is 22.0 Å². The Hall–Kier alpha value is -3.28. The molecule has 2 heterocycles. The number of nitro groups is 1. The van der Waals surface area contributed by atoms with Crippen molar-refractivity contribution in [3.63, 3.8) is 0 Å². The van der Waals surface area contributed by atoms with Crippen LogP contribution in [0.4, 0.5) is 10.7 Å². The first-order chi connectivity index (χ1) is 13.1. The maximum atomic E-state index is 12.6. The molecule has 12 heteroatoms. The molecular weight excluding hydrogens is 390 g/mol.